The van der Waals surface area contributed by atoms with E-state index in [-0.39, 0.29) is 12.2 Å². The number of ketones is 1. The maximum absolute atomic E-state index is 13.3. The van der Waals surface area contributed by atoms with E-state index in [0.717, 1.165) is 29.5 Å². The maximum Gasteiger partial charge on any atom is 0.322 e. The normalized spacial score (nSPS) is 23.8. The highest BCUT2D eigenvalue weighted by molar-refractivity contribution is 6.05. The molecule has 132 valence electrons. The third kappa shape index (κ3) is 3.25. The van der Waals surface area contributed by atoms with Gasteiger partial charge < -0.3 is 9.47 Å². The van der Waals surface area contributed by atoms with Crippen molar-refractivity contribution >= 4 is 11.8 Å². The van der Waals surface area contributed by atoms with Gasteiger partial charge >= 0.3 is 5.97 Å². The smallest absolute Gasteiger partial charge is 0.322 e. The topological polar surface area (TPSA) is 52.6 Å². The lowest BCUT2D eigenvalue weighted by atomic mass is 9.67. The molecule has 2 atom stereocenters. The summed E-state index contributed by atoms with van der Waals surface area (Å²) in [6.45, 7) is 6.08. The molecule has 1 fully saturated rings. The van der Waals surface area contributed by atoms with Gasteiger partial charge in [-0.15, -0.1) is 0 Å². The summed E-state index contributed by atoms with van der Waals surface area (Å²) in [6, 6.07) is 4.16. The van der Waals surface area contributed by atoms with E-state index < -0.39 is 17.5 Å². The van der Waals surface area contributed by atoms with E-state index >= 15 is 0 Å². The molecule has 0 bridgehead atoms. The SMILES string of the molecule is COC(=O)C1(C(=O)Cc2c(C)cc(C)cc2C)CCCCC1OC. The first kappa shape index (κ1) is 18.7. The molecule has 4 heteroatoms. The van der Waals surface area contributed by atoms with Crippen molar-refractivity contribution in [2.45, 2.75) is 59.0 Å². The van der Waals surface area contributed by atoms with Crippen molar-refractivity contribution < 1.29 is 19.1 Å². The van der Waals surface area contributed by atoms with Crippen LogP contribution in [0.2, 0.25) is 0 Å². The Morgan fingerprint density at radius 3 is 2.29 bits per heavy atom. The largest absolute Gasteiger partial charge is 0.468 e. The van der Waals surface area contributed by atoms with Crippen molar-refractivity contribution in [2.24, 2.45) is 5.41 Å². The van der Waals surface area contributed by atoms with E-state index in [2.05, 4.69) is 12.1 Å². The molecule has 0 heterocycles. The Morgan fingerprint density at radius 2 is 1.75 bits per heavy atom. The predicted octanol–water partition coefficient (Wildman–Crippen LogP) is 3.47. The van der Waals surface area contributed by atoms with E-state index in [4.69, 9.17) is 9.47 Å². The standard InChI is InChI=1S/C20H28O4/c1-13-10-14(2)16(15(3)11-13)12-17(21)20(19(22)24-5)9-7-6-8-18(20)23-4/h10-11,18H,6-9,12H2,1-5H3. The van der Waals surface area contributed by atoms with Crippen LogP contribution in [0.15, 0.2) is 12.1 Å². The van der Waals surface area contributed by atoms with E-state index in [9.17, 15) is 9.59 Å². The molecule has 0 amide bonds. The first-order chi connectivity index (χ1) is 11.4. The Kier molecular flexibility index (Phi) is 5.81. The monoisotopic (exact) mass is 332 g/mol. The van der Waals surface area contributed by atoms with Gasteiger partial charge in [0.25, 0.3) is 0 Å². The zero-order valence-electron chi connectivity index (χ0n) is 15.4. The molecule has 1 saturated carbocycles. The fourth-order valence-corrected chi connectivity index (χ4v) is 4.12. The summed E-state index contributed by atoms with van der Waals surface area (Å²) >= 11 is 0. The van der Waals surface area contributed by atoms with Gasteiger partial charge in [-0.3, -0.25) is 9.59 Å². The van der Waals surface area contributed by atoms with Gasteiger partial charge in [-0.25, -0.2) is 0 Å². The van der Waals surface area contributed by atoms with Crippen LogP contribution in [0.1, 0.15) is 47.9 Å². The van der Waals surface area contributed by atoms with E-state index in [1.807, 2.05) is 20.8 Å². The molecular weight excluding hydrogens is 304 g/mol. The van der Waals surface area contributed by atoms with Crippen LogP contribution in [-0.4, -0.2) is 32.1 Å². The molecule has 0 saturated heterocycles. The lowest BCUT2D eigenvalue weighted by molar-refractivity contribution is -0.171. The van der Waals surface area contributed by atoms with Gasteiger partial charge in [-0.05, 0) is 50.3 Å². The number of esters is 1. The van der Waals surface area contributed by atoms with Crippen molar-refractivity contribution in [2.75, 3.05) is 14.2 Å². The van der Waals surface area contributed by atoms with Gasteiger partial charge in [0.1, 0.15) is 0 Å². The minimum Gasteiger partial charge on any atom is -0.468 e. The number of carbonyl (C=O) groups is 2. The summed E-state index contributed by atoms with van der Waals surface area (Å²) in [7, 11) is 2.92. The minimum absolute atomic E-state index is 0.0871. The summed E-state index contributed by atoms with van der Waals surface area (Å²) in [6.07, 6.45) is 2.86. The molecule has 2 unspecified atom stereocenters. The Hall–Kier alpha value is -1.68. The van der Waals surface area contributed by atoms with Gasteiger partial charge in [0.2, 0.25) is 0 Å². The summed E-state index contributed by atoms with van der Waals surface area (Å²) in [4.78, 5) is 25.9. The number of methoxy groups -OCH3 is 2. The van der Waals surface area contributed by atoms with Gasteiger partial charge in [0, 0.05) is 13.5 Å². The van der Waals surface area contributed by atoms with Crippen LogP contribution in [0, 0.1) is 26.2 Å². The number of ether oxygens (including phenoxy) is 2. The average molecular weight is 332 g/mol. The van der Waals surface area contributed by atoms with Gasteiger partial charge in [0.05, 0.1) is 13.2 Å². The first-order valence-electron chi connectivity index (χ1n) is 8.58. The Bertz CT molecular complexity index is 612. The third-order valence-corrected chi connectivity index (χ3v) is 5.35. The number of carbonyl (C=O) groups excluding carboxylic acids is 2. The fraction of sp³-hybridized carbons (Fsp3) is 0.600. The summed E-state index contributed by atoms with van der Waals surface area (Å²) in [5.41, 5.74) is 3.19. The second-order valence-corrected chi connectivity index (χ2v) is 6.91. The highest BCUT2D eigenvalue weighted by Crippen LogP contribution is 2.41. The Labute approximate surface area is 144 Å². The number of Topliss-reactive ketones (excluding diaryl/α,β-unsaturated/α-hetero) is 1. The predicted molar refractivity (Wildman–Crippen MR) is 93.1 cm³/mol. The second kappa shape index (κ2) is 7.47. The highest BCUT2D eigenvalue weighted by Gasteiger charge is 2.54. The number of hydrogen-bond acceptors (Lipinski definition) is 4. The molecule has 2 rings (SSSR count). The Balaban J connectivity index is 2.41. The summed E-state index contributed by atoms with van der Waals surface area (Å²) < 4.78 is 10.6. The van der Waals surface area contributed by atoms with Crippen molar-refractivity contribution in [3.05, 3.63) is 34.4 Å². The third-order valence-electron chi connectivity index (χ3n) is 5.35. The van der Waals surface area contributed by atoms with Gasteiger partial charge in [-0.2, -0.15) is 0 Å². The van der Waals surface area contributed by atoms with Crippen LogP contribution in [0.25, 0.3) is 0 Å². The van der Waals surface area contributed by atoms with Crippen molar-refractivity contribution in [1.82, 2.24) is 0 Å². The van der Waals surface area contributed by atoms with E-state index in [1.54, 1.807) is 7.11 Å². The quantitative estimate of drug-likeness (QED) is 0.612. The average Bonchev–Trinajstić information content (AvgIpc) is 2.56. The molecule has 0 radical (unpaired) electrons. The van der Waals surface area contributed by atoms with Crippen LogP contribution < -0.4 is 0 Å². The molecule has 1 aromatic rings. The molecule has 0 aliphatic heterocycles. The van der Waals surface area contributed by atoms with Crippen LogP contribution in [0.4, 0.5) is 0 Å². The van der Waals surface area contributed by atoms with Crippen molar-refractivity contribution in [3.63, 3.8) is 0 Å². The number of hydrogen-bond donors (Lipinski definition) is 0. The van der Waals surface area contributed by atoms with Crippen LogP contribution >= 0.6 is 0 Å². The number of rotatable bonds is 5. The molecule has 1 aliphatic rings. The zero-order chi connectivity index (χ0) is 17.9. The lowest BCUT2D eigenvalue weighted by Gasteiger charge is -2.39. The second-order valence-electron chi connectivity index (χ2n) is 6.91. The van der Waals surface area contributed by atoms with Gasteiger partial charge in [0.15, 0.2) is 11.2 Å². The van der Waals surface area contributed by atoms with Crippen molar-refractivity contribution in [3.8, 4) is 0 Å². The molecule has 1 aromatic carbocycles. The van der Waals surface area contributed by atoms with Crippen LogP contribution in [0.3, 0.4) is 0 Å². The summed E-state index contributed by atoms with van der Waals surface area (Å²) in [5, 5.41) is 0. The molecule has 1 aliphatic carbocycles. The fourth-order valence-electron chi connectivity index (χ4n) is 4.12. The van der Waals surface area contributed by atoms with E-state index in [0.29, 0.717) is 12.8 Å². The molecular formula is C20H28O4. The van der Waals surface area contributed by atoms with Crippen LogP contribution in [0.5, 0.6) is 0 Å². The molecule has 4 nitrogen and oxygen atoms in total. The molecule has 0 N–H and O–H groups in total. The van der Waals surface area contributed by atoms with Crippen molar-refractivity contribution in [1.29, 1.82) is 0 Å². The number of aryl methyl sites for hydroxylation is 3. The molecule has 0 aromatic heterocycles. The zero-order valence-corrected chi connectivity index (χ0v) is 15.4. The van der Waals surface area contributed by atoms with Gasteiger partial charge in [-0.1, -0.05) is 30.5 Å². The lowest BCUT2D eigenvalue weighted by Crippen LogP contribution is -2.52. The Morgan fingerprint density at radius 1 is 1.12 bits per heavy atom. The molecule has 24 heavy (non-hydrogen) atoms. The number of benzene rings is 1. The molecule has 0 spiro atoms. The first-order valence-corrected chi connectivity index (χ1v) is 8.58. The minimum atomic E-state index is -1.18. The van der Waals surface area contributed by atoms with E-state index in [1.165, 1.54) is 12.7 Å². The maximum atomic E-state index is 13.3. The van der Waals surface area contributed by atoms with Crippen LogP contribution in [-0.2, 0) is 25.5 Å². The summed E-state index contributed by atoms with van der Waals surface area (Å²) in [5.74, 6) is -0.544. The highest BCUT2D eigenvalue weighted by atomic mass is 16.5.